The quantitative estimate of drug-likeness (QED) is 0.548. The molecule has 2 aromatic carbocycles. The van der Waals surface area contributed by atoms with Crippen LogP contribution in [-0.2, 0) is 12.8 Å². The van der Waals surface area contributed by atoms with E-state index in [1.54, 1.807) is 0 Å². The van der Waals surface area contributed by atoms with Gasteiger partial charge in [0.15, 0.2) is 0 Å². The van der Waals surface area contributed by atoms with Gasteiger partial charge in [-0.25, -0.2) is 0 Å². The van der Waals surface area contributed by atoms with Gasteiger partial charge in [0.25, 0.3) is 0 Å². The van der Waals surface area contributed by atoms with Crippen LogP contribution in [0.1, 0.15) is 58.2 Å². The van der Waals surface area contributed by atoms with E-state index in [9.17, 15) is 0 Å². The van der Waals surface area contributed by atoms with Crippen molar-refractivity contribution in [3.63, 3.8) is 0 Å². The predicted octanol–water partition coefficient (Wildman–Crippen LogP) is 7.19. The lowest BCUT2D eigenvalue weighted by atomic mass is 10.0. The Labute approximate surface area is 144 Å². The summed E-state index contributed by atoms with van der Waals surface area (Å²) >= 11 is 0. The van der Waals surface area contributed by atoms with Crippen molar-refractivity contribution in [2.75, 3.05) is 0 Å². The molecule has 0 aliphatic heterocycles. The van der Waals surface area contributed by atoms with Crippen LogP contribution in [0.4, 0.5) is 0 Å². The van der Waals surface area contributed by atoms with Crippen LogP contribution in [0.3, 0.4) is 0 Å². The third-order valence-electron chi connectivity index (χ3n) is 3.13. The highest BCUT2D eigenvalue weighted by molar-refractivity contribution is 5.50. The van der Waals surface area contributed by atoms with E-state index in [0.717, 1.165) is 18.8 Å². The third kappa shape index (κ3) is 9.73. The highest BCUT2D eigenvalue weighted by atomic mass is 14.0. The molecule has 0 N–H and O–H groups in total. The summed E-state index contributed by atoms with van der Waals surface area (Å²) in [6.45, 7) is 12.5. The molecule has 0 amide bonds. The van der Waals surface area contributed by atoms with Gasteiger partial charge < -0.3 is 0 Å². The van der Waals surface area contributed by atoms with Gasteiger partial charge in [0.1, 0.15) is 0 Å². The van der Waals surface area contributed by atoms with Crippen LogP contribution in [-0.4, -0.2) is 0 Å². The van der Waals surface area contributed by atoms with Crippen molar-refractivity contribution >= 4 is 6.08 Å². The molecular formula is C23H34. The minimum absolute atomic E-state index is 0.722. The van der Waals surface area contributed by atoms with Crippen molar-refractivity contribution in [3.8, 4) is 0 Å². The zero-order valence-electron chi connectivity index (χ0n) is 15.8. The lowest BCUT2D eigenvalue weighted by Crippen LogP contribution is -1.93. The molecule has 0 aliphatic rings. The first-order valence-electron chi connectivity index (χ1n) is 9.03. The number of hydrogen-bond donors (Lipinski definition) is 0. The van der Waals surface area contributed by atoms with Crippen molar-refractivity contribution in [3.05, 3.63) is 77.4 Å². The molecule has 23 heavy (non-hydrogen) atoms. The molecule has 0 atom stereocenters. The van der Waals surface area contributed by atoms with E-state index in [2.05, 4.69) is 80.6 Å². The Morgan fingerprint density at radius 2 is 1.30 bits per heavy atom. The number of hydrogen-bond acceptors (Lipinski definition) is 0. The maximum atomic E-state index is 2.26. The third-order valence-corrected chi connectivity index (χ3v) is 3.13. The van der Waals surface area contributed by atoms with E-state index >= 15 is 0 Å². The van der Waals surface area contributed by atoms with E-state index < -0.39 is 0 Å². The number of allylic oxidation sites excluding steroid dienone is 1. The van der Waals surface area contributed by atoms with E-state index in [0.29, 0.717) is 0 Å². The summed E-state index contributed by atoms with van der Waals surface area (Å²) in [7, 11) is 0. The minimum atomic E-state index is 0.722. The molecule has 126 valence electrons. The first kappa shape index (κ1) is 21.2. The molecule has 0 saturated carbocycles. The Hall–Kier alpha value is -1.82. The lowest BCUT2D eigenvalue weighted by Gasteiger charge is -2.04. The van der Waals surface area contributed by atoms with E-state index in [1.807, 2.05) is 27.7 Å². The maximum absolute atomic E-state index is 2.26. The second-order valence-electron chi connectivity index (χ2n) is 5.43. The number of benzene rings is 2. The molecule has 0 aliphatic carbocycles. The van der Waals surface area contributed by atoms with Crippen molar-refractivity contribution in [1.82, 2.24) is 0 Å². The smallest absolute Gasteiger partial charge is 0.00941 e. The molecule has 0 saturated heterocycles. The highest BCUT2D eigenvalue weighted by Crippen LogP contribution is 2.11. The predicted molar refractivity (Wildman–Crippen MR) is 107 cm³/mol. The van der Waals surface area contributed by atoms with Gasteiger partial charge in [0, 0.05) is 0 Å². The van der Waals surface area contributed by atoms with Crippen molar-refractivity contribution in [1.29, 1.82) is 0 Å². The molecule has 2 rings (SSSR count). The first-order chi connectivity index (χ1) is 11.2. The van der Waals surface area contributed by atoms with Gasteiger partial charge >= 0.3 is 0 Å². The fraction of sp³-hybridized carbons (Fsp3) is 0.391. The molecule has 0 heterocycles. The van der Waals surface area contributed by atoms with E-state index in [-0.39, 0.29) is 0 Å². The summed E-state index contributed by atoms with van der Waals surface area (Å²) in [5, 5.41) is 0. The van der Waals surface area contributed by atoms with Crippen molar-refractivity contribution in [2.24, 2.45) is 5.92 Å². The fourth-order valence-electron chi connectivity index (χ4n) is 2.18. The zero-order valence-corrected chi connectivity index (χ0v) is 15.8. The molecule has 0 spiro atoms. The van der Waals surface area contributed by atoms with Crippen LogP contribution >= 0.6 is 0 Å². The maximum Gasteiger partial charge on any atom is -0.00941 e. The van der Waals surface area contributed by atoms with E-state index in [4.69, 9.17) is 0 Å². The normalized spacial score (nSPS) is 9.87. The summed E-state index contributed by atoms with van der Waals surface area (Å²) in [4.78, 5) is 0. The average molecular weight is 311 g/mol. The molecule has 0 fully saturated rings. The zero-order chi connectivity index (χ0) is 17.5. The molecular weight excluding hydrogens is 276 g/mol. The van der Waals surface area contributed by atoms with Crippen LogP contribution < -0.4 is 0 Å². The van der Waals surface area contributed by atoms with Gasteiger partial charge in [-0.1, -0.05) is 108 Å². The SMILES string of the molecule is CC.CC.CC(C)Cc1ccc(/C=C\Cc2ccccc2)cc1. The lowest BCUT2D eigenvalue weighted by molar-refractivity contribution is 0.647. The van der Waals surface area contributed by atoms with Gasteiger partial charge in [-0.05, 0) is 35.4 Å². The molecule has 0 nitrogen and oxygen atoms in total. The molecule has 0 radical (unpaired) electrons. The molecule has 0 heteroatoms. The Bertz CT molecular complexity index is 503. The fourth-order valence-corrected chi connectivity index (χ4v) is 2.18. The van der Waals surface area contributed by atoms with Crippen molar-refractivity contribution in [2.45, 2.75) is 54.4 Å². The Balaban J connectivity index is 0.00000112. The number of rotatable bonds is 5. The van der Waals surface area contributed by atoms with Crippen molar-refractivity contribution < 1.29 is 0 Å². The van der Waals surface area contributed by atoms with Crippen LogP contribution in [0.5, 0.6) is 0 Å². The average Bonchev–Trinajstić information content (AvgIpc) is 2.60. The topological polar surface area (TPSA) is 0 Å². The molecule has 0 unspecified atom stereocenters. The summed E-state index contributed by atoms with van der Waals surface area (Å²) < 4.78 is 0. The summed E-state index contributed by atoms with van der Waals surface area (Å²) in [6, 6.07) is 19.4. The Morgan fingerprint density at radius 3 is 1.83 bits per heavy atom. The minimum Gasteiger partial charge on any atom is -0.0795 e. The standard InChI is InChI=1S/C19H22.2C2H6/c1-16(2)15-19-13-11-18(12-14-19)10-6-9-17-7-4-3-5-8-17;2*1-2/h3-8,10-14,16H,9,15H2,1-2H3;2*1-2H3/b10-6-;;. The van der Waals surface area contributed by atoms with Gasteiger partial charge in [0.05, 0.1) is 0 Å². The summed E-state index contributed by atoms with van der Waals surface area (Å²) in [5.74, 6) is 0.722. The molecule has 0 bridgehead atoms. The summed E-state index contributed by atoms with van der Waals surface area (Å²) in [6.07, 6.45) is 6.58. The van der Waals surface area contributed by atoms with Gasteiger partial charge in [-0.3, -0.25) is 0 Å². The van der Waals surface area contributed by atoms with Crippen LogP contribution in [0.2, 0.25) is 0 Å². The first-order valence-corrected chi connectivity index (χ1v) is 9.03. The van der Waals surface area contributed by atoms with Crippen LogP contribution in [0.15, 0.2) is 60.7 Å². The second kappa shape index (κ2) is 13.8. The highest BCUT2D eigenvalue weighted by Gasteiger charge is 1.96. The monoisotopic (exact) mass is 310 g/mol. The second-order valence-corrected chi connectivity index (χ2v) is 5.43. The van der Waals surface area contributed by atoms with Gasteiger partial charge in [-0.15, -0.1) is 0 Å². The Kier molecular flexibility index (Phi) is 12.7. The van der Waals surface area contributed by atoms with Gasteiger partial charge in [0.2, 0.25) is 0 Å². The largest absolute Gasteiger partial charge is 0.0795 e. The molecule has 0 aromatic heterocycles. The van der Waals surface area contributed by atoms with Gasteiger partial charge in [-0.2, -0.15) is 0 Å². The Morgan fingerprint density at radius 1 is 0.739 bits per heavy atom. The van der Waals surface area contributed by atoms with Crippen LogP contribution in [0.25, 0.3) is 6.08 Å². The summed E-state index contributed by atoms with van der Waals surface area (Å²) in [5.41, 5.74) is 4.06. The van der Waals surface area contributed by atoms with Crippen LogP contribution in [0, 0.1) is 5.92 Å². The molecule has 2 aromatic rings. The van der Waals surface area contributed by atoms with E-state index in [1.165, 1.54) is 16.7 Å².